The predicted octanol–water partition coefficient (Wildman–Crippen LogP) is 3.73. The first-order valence-electron chi connectivity index (χ1n) is 6.14. The van der Waals surface area contributed by atoms with Crippen LogP contribution in [-0.2, 0) is 5.41 Å². The Morgan fingerprint density at radius 1 is 1.35 bits per heavy atom. The first-order chi connectivity index (χ1) is 7.88. The summed E-state index contributed by atoms with van der Waals surface area (Å²) in [5, 5.41) is 11.0. The molecule has 0 heterocycles. The van der Waals surface area contributed by atoms with Crippen LogP contribution in [0.4, 0.5) is 10.1 Å². The Bertz CT molecular complexity index is 407. The van der Waals surface area contributed by atoms with E-state index in [4.69, 9.17) is 0 Å². The molecule has 0 bridgehead atoms. The van der Waals surface area contributed by atoms with Gasteiger partial charge in [-0.3, -0.25) is 10.3 Å². The summed E-state index contributed by atoms with van der Waals surface area (Å²) in [6.45, 7) is 6.76. The second-order valence-corrected chi connectivity index (χ2v) is 5.94. The van der Waals surface area contributed by atoms with Crippen molar-refractivity contribution in [3.8, 4) is 0 Å². The Morgan fingerprint density at radius 3 is 2.53 bits per heavy atom. The van der Waals surface area contributed by atoms with Crippen LogP contribution < -0.4 is 5.06 Å². The molecule has 2 rings (SSSR count). The number of hydrogen-bond donors (Lipinski definition) is 1. The van der Waals surface area contributed by atoms with Gasteiger partial charge in [0, 0.05) is 6.54 Å². The van der Waals surface area contributed by atoms with E-state index in [9.17, 15) is 9.60 Å². The zero-order valence-electron chi connectivity index (χ0n) is 10.7. The van der Waals surface area contributed by atoms with Gasteiger partial charge in [0.2, 0.25) is 0 Å². The molecule has 0 spiro atoms. The van der Waals surface area contributed by atoms with Crippen molar-refractivity contribution < 1.29 is 9.60 Å². The van der Waals surface area contributed by atoms with E-state index < -0.39 is 0 Å². The lowest BCUT2D eigenvalue weighted by molar-refractivity contribution is 0.245. The number of hydroxylamine groups is 1. The van der Waals surface area contributed by atoms with Crippen molar-refractivity contribution in [2.75, 3.05) is 11.6 Å². The minimum absolute atomic E-state index is 0.0388. The third-order valence-electron chi connectivity index (χ3n) is 3.22. The molecule has 0 unspecified atom stereocenters. The summed E-state index contributed by atoms with van der Waals surface area (Å²) in [7, 11) is 0. The molecule has 0 aliphatic heterocycles. The van der Waals surface area contributed by atoms with Crippen LogP contribution in [0.15, 0.2) is 18.2 Å². The van der Waals surface area contributed by atoms with E-state index in [1.165, 1.54) is 6.07 Å². The molecule has 2 nitrogen and oxygen atoms in total. The molecule has 0 amide bonds. The fourth-order valence-corrected chi connectivity index (χ4v) is 1.82. The van der Waals surface area contributed by atoms with Crippen LogP contribution in [0.1, 0.15) is 39.2 Å². The fourth-order valence-electron chi connectivity index (χ4n) is 1.82. The first kappa shape index (κ1) is 12.4. The van der Waals surface area contributed by atoms with E-state index in [-0.39, 0.29) is 11.2 Å². The predicted molar refractivity (Wildman–Crippen MR) is 67.0 cm³/mol. The van der Waals surface area contributed by atoms with E-state index in [0.29, 0.717) is 18.2 Å². The molecule has 1 saturated carbocycles. The lowest BCUT2D eigenvalue weighted by Crippen LogP contribution is -2.23. The average molecular weight is 237 g/mol. The topological polar surface area (TPSA) is 23.5 Å². The molecule has 17 heavy (non-hydrogen) atoms. The maximum absolute atomic E-state index is 13.7. The highest BCUT2D eigenvalue weighted by atomic mass is 19.1. The Balaban J connectivity index is 2.24. The second-order valence-electron chi connectivity index (χ2n) is 5.94. The van der Waals surface area contributed by atoms with Gasteiger partial charge in [0.1, 0.15) is 5.82 Å². The summed E-state index contributed by atoms with van der Waals surface area (Å²) in [6.07, 6.45) is 2.27. The molecule has 1 aromatic rings. The Morgan fingerprint density at radius 2 is 2.00 bits per heavy atom. The molecule has 0 atom stereocenters. The van der Waals surface area contributed by atoms with E-state index in [1.807, 2.05) is 0 Å². The number of hydrogen-bond acceptors (Lipinski definition) is 2. The van der Waals surface area contributed by atoms with Gasteiger partial charge in [0.15, 0.2) is 0 Å². The molecule has 1 fully saturated rings. The van der Waals surface area contributed by atoms with Crippen LogP contribution in [-0.4, -0.2) is 11.8 Å². The van der Waals surface area contributed by atoms with E-state index >= 15 is 0 Å². The minimum atomic E-state index is -0.360. The largest absolute Gasteiger partial charge is 0.288 e. The van der Waals surface area contributed by atoms with Crippen molar-refractivity contribution in [2.45, 2.75) is 39.0 Å². The number of benzene rings is 1. The van der Waals surface area contributed by atoms with Crippen LogP contribution >= 0.6 is 0 Å². The number of rotatable bonds is 3. The SMILES string of the molecule is CC(C)(C)c1ccc(F)c(N(O)CC2CC2)c1. The lowest BCUT2D eigenvalue weighted by Gasteiger charge is -2.23. The highest BCUT2D eigenvalue weighted by molar-refractivity contribution is 5.49. The maximum Gasteiger partial charge on any atom is 0.148 e. The fraction of sp³-hybridized carbons (Fsp3) is 0.571. The van der Waals surface area contributed by atoms with Gasteiger partial charge >= 0.3 is 0 Å². The molecule has 1 N–H and O–H groups in total. The number of anilines is 1. The molecule has 1 aliphatic rings. The molecule has 3 heteroatoms. The second kappa shape index (κ2) is 4.30. The van der Waals surface area contributed by atoms with Gasteiger partial charge in [-0.05, 0) is 41.9 Å². The van der Waals surface area contributed by atoms with Crippen molar-refractivity contribution in [3.05, 3.63) is 29.6 Å². The Kier molecular flexibility index (Phi) is 3.13. The van der Waals surface area contributed by atoms with E-state index in [2.05, 4.69) is 20.8 Å². The normalized spacial score (nSPS) is 16.1. The van der Waals surface area contributed by atoms with Crippen molar-refractivity contribution in [1.82, 2.24) is 0 Å². The highest BCUT2D eigenvalue weighted by Crippen LogP contribution is 2.33. The minimum Gasteiger partial charge on any atom is -0.288 e. The molecule has 94 valence electrons. The quantitative estimate of drug-likeness (QED) is 0.810. The molecule has 0 aromatic heterocycles. The molecular formula is C14H20FNO. The zero-order chi connectivity index (χ0) is 12.6. The highest BCUT2D eigenvalue weighted by Gasteiger charge is 2.25. The van der Waals surface area contributed by atoms with Crippen LogP contribution in [0.5, 0.6) is 0 Å². The van der Waals surface area contributed by atoms with Crippen LogP contribution in [0.2, 0.25) is 0 Å². The Hall–Kier alpha value is -1.09. The molecule has 0 radical (unpaired) electrons. The summed E-state index contributed by atoms with van der Waals surface area (Å²) < 4.78 is 13.7. The first-order valence-corrected chi connectivity index (χ1v) is 6.14. The van der Waals surface area contributed by atoms with Crippen LogP contribution in [0.3, 0.4) is 0 Å². The monoisotopic (exact) mass is 237 g/mol. The summed E-state index contributed by atoms with van der Waals surface area (Å²) in [6, 6.07) is 4.97. The van der Waals surface area contributed by atoms with Gasteiger partial charge in [-0.15, -0.1) is 0 Å². The standard InChI is InChI=1S/C14H20FNO/c1-14(2,3)11-6-7-12(15)13(8-11)16(17)9-10-4-5-10/h6-8,10,17H,4-5,9H2,1-3H3. The molecule has 0 saturated heterocycles. The van der Waals surface area contributed by atoms with Crippen molar-refractivity contribution in [2.24, 2.45) is 5.92 Å². The molecule has 1 aliphatic carbocycles. The van der Waals surface area contributed by atoms with Gasteiger partial charge < -0.3 is 0 Å². The van der Waals surface area contributed by atoms with Gasteiger partial charge in [-0.1, -0.05) is 26.8 Å². The van der Waals surface area contributed by atoms with Crippen LogP contribution in [0, 0.1) is 11.7 Å². The average Bonchev–Trinajstić information content (AvgIpc) is 3.00. The third kappa shape index (κ3) is 2.97. The van der Waals surface area contributed by atoms with Crippen molar-refractivity contribution >= 4 is 5.69 Å². The molecular weight excluding hydrogens is 217 g/mol. The number of nitrogens with zero attached hydrogens (tertiary/aromatic N) is 1. The lowest BCUT2D eigenvalue weighted by atomic mass is 9.87. The smallest absolute Gasteiger partial charge is 0.148 e. The zero-order valence-corrected chi connectivity index (χ0v) is 10.7. The summed E-state index contributed by atoms with van der Waals surface area (Å²) in [4.78, 5) is 0. The molecule has 1 aromatic carbocycles. The van der Waals surface area contributed by atoms with Gasteiger partial charge in [-0.25, -0.2) is 4.39 Å². The van der Waals surface area contributed by atoms with Gasteiger partial charge in [-0.2, -0.15) is 0 Å². The third-order valence-corrected chi connectivity index (χ3v) is 3.22. The summed E-state index contributed by atoms with van der Waals surface area (Å²) in [5.41, 5.74) is 1.29. The van der Waals surface area contributed by atoms with E-state index in [1.54, 1.807) is 12.1 Å². The Labute approximate surface area is 102 Å². The van der Waals surface area contributed by atoms with Gasteiger partial charge in [0.05, 0.1) is 5.69 Å². The summed E-state index contributed by atoms with van der Waals surface area (Å²) >= 11 is 0. The summed E-state index contributed by atoms with van der Waals surface area (Å²) in [5.74, 6) is 0.166. The number of halogens is 1. The van der Waals surface area contributed by atoms with Crippen LogP contribution in [0.25, 0.3) is 0 Å². The van der Waals surface area contributed by atoms with Crippen molar-refractivity contribution in [1.29, 1.82) is 0 Å². The maximum atomic E-state index is 13.7. The van der Waals surface area contributed by atoms with E-state index in [0.717, 1.165) is 23.5 Å². The van der Waals surface area contributed by atoms with Gasteiger partial charge in [0.25, 0.3) is 0 Å². The van der Waals surface area contributed by atoms with Crippen molar-refractivity contribution in [3.63, 3.8) is 0 Å².